The molecule has 1 saturated heterocycles. The van der Waals surface area contributed by atoms with Crippen molar-refractivity contribution in [3.05, 3.63) is 47.8 Å². The number of halogens is 2. The summed E-state index contributed by atoms with van der Waals surface area (Å²) in [6, 6.07) is 3.12. The second kappa shape index (κ2) is 7.31. The molecule has 1 aliphatic rings. The van der Waals surface area contributed by atoms with Crippen LogP contribution in [0, 0.1) is 11.6 Å². The normalized spacial score (nSPS) is 14.5. The summed E-state index contributed by atoms with van der Waals surface area (Å²) in [5, 5.41) is 2.59. The fourth-order valence-corrected chi connectivity index (χ4v) is 2.36. The topological polar surface area (TPSA) is 67.4 Å². The highest BCUT2D eigenvalue weighted by Crippen LogP contribution is 2.14. The molecule has 0 radical (unpaired) electrons. The third-order valence-corrected chi connectivity index (χ3v) is 3.58. The van der Waals surface area contributed by atoms with E-state index in [4.69, 9.17) is 4.74 Å². The minimum atomic E-state index is -0.746. The van der Waals surface area contributed by atoms with Crippen molar-refractivity contribution < 1.29 is 18.3 Å². The number of hydrogen-bond acceptors (Lipinski definition) is 5. The van der Waals surface area contributed by atoms with Crippen molar-refractivity contribution in [1.29, 1.82) is 0 Å². The van der Waals surface area contributed by atoms with E-state index in [1.807, 2.05) is 4.90 Å². The average Bonchev–Trinajstić information content (AvgIpc) is 2.59. The summed E-state index contributed by atoms with van der Waals surface area (Å²) in [6.07, 6.45) is 2.80. The maximum atomic E-state index is 13.5. The molecule has 0 bridgehead atoms. The van der Waals surface area contributed by atoms with Gasteiger partial charge in [0.2, 0.25) is 11.9 Å². The lowest BCUT2D eigenvalue weighted by Crippen LogP contribution is -2.37. The van der Waals surface area contributed by atoms with Gasteiger partial charge in [0.25, 0.3) is 0 Å². The zero-order chi connectivity index (χ0) is 16.9. The molecule has 0 atom stereocenters. The van der Waals surface area contributed by atoms with Gasteiger partial charge < -0.3 is 15.0 Å². The molecule has 0 aliphatic carbocycles. The van der Waals surface area contributed by atoms with Gasteiger partial charge in [0.1, 0.15) is 11.6 Å². The molecule has 0 saturated carbocycles. The number of ether oxygens (including phenoxy) is 1. The first kappa shape index (κ1) is 16.3. The zero-order valence-electron chi connectivity index (χ0n) is 12.8. The molecule has 2 aromatic rings. The van der Waals surface area contributed by atoms with Crippen molar-refractivity contribution in [2.24, 2.45) is 0 Å². The fraction of sp³-hybridized carbons (Fsp3) is 0.312. The lowest BCUT2D eigenvalue weighted by Gasteiger charge is -2.26. The Morgan fingerprint density at radius 1 is 1.21 bits per heavy atom. The van der Waals surface area contributed by atoms with Crippen LogP contribution in [-0.2, 0) is 16.0 Å². The molecule has 0 unspecified atom stereocenters. The lowest BCUT2D eigenvalue weighted by atomic mass is 10.1. The molecule has 1 amide bonds. The van der Waals surface area contributed by atoms with E-state index in [1.54, 1.807) is 0 Å². The summed E-state index contributed by atoms with van der Waals surface area (Å²) in [6.45, 7) is 2.70. The Labute approximate surface area is 137 Å². The van der Waals surface area contributed by atoms with Crippen LogP contribution in [0.1, 0.15) is 5.56 Å². The molecule has 8 heteroatoms. The fourth-order valence-electron chi connectivity index (χ4n) is 2.36. The number of nitrogens with zero attached hydrogens (tertiary/aromatic N) is 3. The van der Waals surface area contributed by atoms with Crippen molar-refractivity contribution >= 4 is 17.5 Å². The van der Waals surface area contributed by atoms with Crippen LogP contribution >= 0.6 is 0 Å². The van der Waals surface area contributed by atoms with E-state index in [0.717, 1.165) is 25.2 Å². The molecule has 126 valence electrons. The van der Waals surface area contributed by atoms with Crippen LogP contribution < -0.4 is 10.2 Å². The zero-order valence-corrected chi connectivity index (χ0v) is 12.8. The number of amides is 1. The minimum Gasteiger partial charge on any atom is -0.378 e. The maximum Gasteiger partial charge on any atom is 0.228 e. The van der Waals surface area contributed by atoms with Crippen LogP contribution in [0.2, 0.25) is 0 Å². The SMILES string of the molecule is O=C(Cc1ccc(F)cc1F)Nc1cnc(N2CCOCC2)nc1. The smallest absolute Gasteiger partial charge is 0.228 e. The summed E-state index contributed by atoms with van der Waals surface area (Å²) < 4.78 is 31.7. The summed E-state index contributed by atoms with van der Waals surface area (Å²) in [7, 11) is 0. The molecule has 3 rings (SSSR count). The molecule has 2 heterocycles. The van der Waals surface area contributed by atoms with Crippen molar-refractivity contribution in [2.45, 2.75) is 6.42 Å². The van der Waals surface area contributed by atoms with Gasteiger partial charge in [-0.15, -0.1) is 0 Å². The quantitative estimate of drug-likeness (QED) is 0.923. The first-order valence-electron chi connectivity index (χ1n) is 7.50. The second-order valence-electron chi connectivity index (χ2n) is 5.33. The number of anilines is 2. The third-order valence-electron chi connectivity index (χ3n) is 3.58. The first-order valence-corrected chi connectivity index (χ1v) is 7.50. The van der Waals surface area contributed by atoms with Crippen LogP contribution in [0.5, 0.6) is 0 Å². The van der Waals surface area contributed by atoms with Crippen LogP contribution in [-0.4, -0.2) is 42.2 Å². The predicted molar refractivity (Wildman–Crippen MR) is 83.8 cm³/mol. The Morgan fingerprint density at radius 3 is 2.58 bits per heavy atom. The Kier molecular flexibility index (Phi) is 4.95. The van der Waals surface area contributed by atoms with E-state index < -0.39 is 17.5 Å². The van der Waals surface area contributed by atoms with Gasteiger partial charge in [0.15, 0.2) is 0 Å². The highest BCUT2D eigenvalue weighted by atomic mass is 19.1. The predicted octanol–water partition coefficient (Wildman–Crippen LogP) is 1.77. The van der Waals surface area contributed by atoms with Gasteiger partial charge in [-0.25, -0.2) is 18.7 Å². The van der Waals surface area contributed by atoms with Crippen molar-refractivity contribution in [3.63, 3.8) is 0 Å². The Hall–Kier alpha value is -2.61. The van der Waals surface area contributed by atoms with Crippen LogP contribution in [0.3, 0.4) is 0 Å². The van der Waals surface area contributed by atoms with Gasteiger partial charge in [0, 0.05) is 19.2 Å². The molecular formula is C16H16F2N4O2. The Balaban J connectivity index is 1.59. The van der Waals surface area contributed by atoms with E-state index in [0.29, 0.717) is 24.8 Å². The van der Waals surface area contributed by atoms with Crippen LogP contribution in [0.15, 0.2) is 30.6 Å². The monoisotopic (exact) mass is 334 g/mol. The van der Waals surface area contributed by atoms with Crippen LogP contribution in [0.25, 0.3) is 0 Å². The number of benzene rings is 1. The molecule has 1 fully saturated rings. The molecular weight excluding hydrogens is 318 g/mol. The first-order chi connectivity index (χ1) is 11.6. The highest BCUT2D eigenvalue weighted by Gasteiger charge is 2.14. The van der Waals surface area contributed by atoms with Gasteiger partial charge >= 0.3 is 0 Å². The van der Waals surface area contributed by atoms with Gasteiger partial charge in [-0.2, -0.15) is 0 Å². The standard InChI is InChI=1S/C16H16F2N4O2/c17-12-2-1-11(14(18)8-12)7-15(23)21-13-9-19-16(20-10-13)22-3-5-24-6-4-22/h1-2,8-10H,3-7H2,(H,21,23). The summed E-state index contributed by atoms with van der Waals surface area (Å²) >= 11 is 0. The molecule has 1 N–H and O–H groups in total. The molecule has 1 aliphatic heterocycles. The lowest BCUT2D eigenvalue weighted by molar-refractivity contribution is -0.115. The van der Waals surface area contributed by atoms with Crippen molar-refractivity contribution in [3.8, 4) is 0 Å². The number of nitrogens with one attached hydrogen (secondary N) is 1. The number of morpholine rings is 1. The highest BCUT2D eigenvalue weighted by molar-refractivity contribution is 5.92. The summed E-state index contributed by atoms with van der Waals surface area (Å²) in [5.74, 6) is -1.28. The van der Waals surface area contributed by atoms with Crippen LogP contribution in [0.4, 0.5) is 20.4 Å². The number of carbonyl (C=O) groups is 1. The maximum absolute atomic E-state index is 13.5. The molecule has 1 aromatic carbocycles. The molecule has 6 nitrogen and oxygen atoms in total. The van der Waals surface area contributed by atoms with Gasteiger partial charge in [-0.1, -0.05) is 6.07 Å². The third kappa shape index (κ3) is 4.02. The van der Waals surface area contributed by atoms with Crippen molar-refractivity contribution in [1.82, 2.24) is 9.97 Å². The molecule has 1 aromatic heterocycles. The summed E-state index contributed by atoms with van der Waals surface area (Å²) in [5.41, 5.74) is 0.541. The summed E-state index contributed by atoms with van der Waals surface area (Å²) in [4.78, 5) is 22.4. The largest absolute Gasteiger partial charge is 0.378 e. The average molecular weight is 334 g/mol. The van der Waals surface area contributed by atoms with Gasteiger partial charge in [0.05, 0.1) is 37.7 Å². The van der Waals surface area contributed by atoms with Crippen molar-refractivity contribution in [2.75, 3.05) is 36.5 Å². The number of aromatic nitrogens is 2. The number of carbonyl (C=O) groups excluding carboxylic acids is 1. The van der Waals surface area contributed by atoms with Gasteiger partial charge in [-0.05, 0) is 11.6 Å². The van der Waals surface area contributed by atoms with E-state index in [-0.39, 0.29) is 12.0 Å². The minimum absolute atomic E-state index is 0.125. The van der Waals surface area contributed by atoms with E-state index in [9.17, 15) is 13.6 Å². The Morgan fingerprint density at radius 2 is 1.92 bits per heavy atom. The van der Waals surface area contributed by atoms with E-state index in [2.05, 4.69) is 15.3 Å². The number of hydrogen-bond donors (Lipinski definition) is 1. The van der Waals surface area contributed by atoms with E-state index in [1.165, 1.54) is 18.5 Å². The molecule has 24 heavy (non-hydrogen) atoms. The number of rotatable bonds is 4. The second-order valence-corrected chi connectivity index (χ2v) is 5.33. The van der Waals surface area contributed by atoms with Gasteiger partial charge in [-0.3, -0.25) is 4.79 Å². The van der Waals surface area contributed by atoms with E-state index >= 15 is 0 Å². The Bertz CT molecular complexity index is 719. The molecule has 0 spiro atoms.